The summed E-state index contributed by atoms with van der Waals surface area (Å²) in [6, 6.07) is -10.6. The van der Waals surface area contributed by atoms with Gasteiger partial charge in [-0.05, 0) is 30.5 Å². The number of phenolic OH excluding ortho intramolecular Hbond substituents is 1. The average Bonchev–Trinajstić information content (AvgIpc) is 3.43. The van der Waals surface area contributed by atoms with Gasteiger partial charge in [-0.3, -0.25) is 52.7 Å². The van der Waals surface area contributed by atoms with Gasteiger partial charge in [0.1, 0.15) is 72.5 Å². The van der Waals surface area contributed by atoms with Crippen LogP contribution in [0.4, 0.5) is 0 Å². The predicted molar refractivity (Wildman–Crippen MR) is 292 cm³/mol. The van der Waals surface area contributed by atoms with Gasteiger partial charge < -0.3 is 120 Å². The van der Waals surface area contributed by atoms with Crippen LogP contribution in [0.25, 0.3) is 0 Å². The fourth-order valence-electron chi connectivity index (χ4n) is 9.08. The van der Waals surface area contributed by atoms with Crippen LogP contribution in [0.1, 0.15) is 108 Å². The number of unbranched alkanes of at least 4 members (excludes halogenated alkanes) is 8. The number of rotatable bonds is 26. The number of hydrogen-bond donors (Lipinski definition) is 21. The van der Waals surface area contributed by atoms with Gasteiger partial charge in [0.05, 0.1) is 51.4 Å². The second-order valence-electron chi connectivity index (χ2n) is 20.9. The molecule has 1 aromatic carbocycles. The van der Waals surface area contributed by atoms with Gasteiger partial charge in [-0.25, -0.2) is 0 Å². The molecule has 0 radical (unpaired) electrons. The summed E-state index contributed by atoms with van der Waals surface area (Å²) in [7, 11) is 0. The molecular weight excluding hydrogens is 1150 g/mol. The topological polar surface area (TPSA) is 583 Å². The van der Waals surface area contributed by atoms with E-state index in [1.165, 1.54) is 0 Å². The van der Waals surface area contributed by atoms with Gasteiger partial charge in [-0.2, -0.15) is 0 Å². The number of ether oxygens (including phenoxy) is 2. The van der Waals surface area contributed by atoms with Crippen molar-refractivity contribution in [2.45, 2.75) is 194 Å². The molecule has 2 saturated heterocycles. The lowest BCUT2D eigenvalue weighted by molar-refractivity contribution is -0.293. The Morgan fingerprint density at radius 3 is 1.67 bits per heavy atom. The summed E-state index contributed by atoms with van der Waals surface area (Å²) < 4.78 is 11.3. The monoisotopic (exact) mass is 1230 g/mol. The lowest BCUT2D eigenvalue weighted by Gasteiger charge is -2.38. The van der Waals surface area contributed by atoms with Gasteiger partial charge in [0.25, 0.3) is 0 Å². The minimum atomic E-state index is -2.68. The number of aliphatic hydroxyl groups excluding tert-OH is 9. The number of nitrogens with one attached hydrogen (secondary N) is 8. The molecule has 11 amide bonds. The number of aliphatic hydroxyl groups is 9. The zero-order valence-corrected chi connectivity index (χ0v) is 47.3. The molecule has 2 fully saturated rings. The fourth-order valence-corrected chi connectivity index (χ4v) is 9.08. The largest absolute Gasteiger partial charge is 0.508 e. The number of aromatic hydroxyl groups is 1. The van der Waals surface area contributed by atoms with E-state index in [1.54, 1.807) is 0 Å². The molecule has 484 valence electrons. The van der Waals surface area contributed by atoms with Crippen molar-refractivity contribution in [2.24, 2.45) is 17.2 Å². The number of nitrogens with two attached hydrogens (primary N) is 3. The SMILES string of the molecule is CCCCCCCCCCC[C@H](O[C@@H]1OC[C@H](O)[C@@H](O)[C@@H]1O)[C@@H](O)[C@H](O)C[C@@H]1CC(=O)N[C@H](CO)C(=O)N[C@@H]([C@H](O)c2ccc(O)cc2)C(=O)N[C@H](CC(N)=O)C(=O)NCC(=O)N[C@@H](CC(N)=O)C(=O)N[C@@H](CO)C(=O)N[C@@H]([C@@H](O)C(N)=O)C(=O)N1. The Bertz CT molecular complexity index is 2450. The molecule has 0 bridgehead atoms. The molecule has 3 rings (SSSR count). The van der Waals surface area contributed by atoms with Crippen LogP contribution in [0.15, 0.2) is 24.3 Å². The Morgan fingerprint density at radius 2 is 1.12 bits per heavy atom. The van der Waals surface area contributed by atoms with Crippen molar-refractivity contribution in [2.75, 3.05) is 26.4 Å². The molecule has 86 heavy (non-hydrogen) atoms. The van der Waals surface area contributed by atoms with Crippen LogP contribution in [-0.4, -0.2) is 234 Å². The van der Waals surface area contributed by atoms with Crippen LogP contribution in [0.2, 0.25) is 0 Å². The van der Waals surface area contributed by atoms with E-state index >= 15 is 0 Å². The van der Waals surface area contributed by atoms with Gasteiger partial charge in [-0.1, -0.05) is 76.8 Å². The van der Waals surface area contributed by atoms with Gasteiger partial charge >= 0.3 is 0 Å². The van der Waals surface area contributed by atoms with Crippen LogP contribution in [-0.2, 0) is 62.2 Å². The molecular formula is C52H83N11O23. The number of primary amides is 3. The first-order valence-corrected chi connectivity index (χ1v) is 27.9. The molecule has 0 aromatic heterocycles. The second-order valence-corrected chi connectivity index (χ2v) is 20.9. The van der Waals surface area contributed by atoms with Crippen molar-refractivity contribution in [1.29, 1.82) is 0 Å². The highest BCUT2D eigenvalue weighted by molar-refractivity contribution is 6.00. The normalized spacial score (nSPS) is 27.3. The third-order valence-electron chi connectivity index (χ3n) is 13.9. The first-order valence-electron chi connectivity index (χ1n) is 27.9. The van der Waals surface area contributed by atoms with Crippen molar-refractivity contribution >= 4 is 65.0 Å². The van der Waals surface area contributed by atoms with E-state index in [9.17, 15) is 104 Å². The van der Waals surface area contributed by atoms with E-state index in [2.05, 4.69) is 28.2 Å². The Balaban J connectivity index is 2.17. The molecule has 24 N–H and O–H groups in total. The number of benzene rings is 1. The predicted octanol–water partition coefficient (Wildman–Crippen LogP) is -9.22. The summed E-state index contributed by atoms with van der Waals surface area (Å²) in [5, 5.41) is 124. The van der Waals surface area contributed by atoms with Crippen molar-refractivity contribution in [3.05, 3.63) is 29.8 Å². The molecule has 1 aromatic rings. The summed E-state index contributed by atoms with van der Waals surface area (Å²) in [4.78, 5) is 147. The van der Waals surface area contributed by atoms with Crippen LogP contribution in [0, 0.1) is 0 Å². The summed E-state index contributed by atoms with van der Waals surface area (Å²) >= 11 is 0. The maximum absolute atomic E-state index is 14.2. The minimum absolute atomic E-state index is 0.0549. The Hall–Kier alpha value is -7.25. The van der Waals surface area contributed by atoms with Gasteiger partial charge in [0.2, 0.25) is 65.0 Å². The first kappa shape index (κ1) is 73.0. The van der Waals surface area contributed by atoms with E-state index in [-0.39, 0.29) is 17.7 Å². The summed E-state index contributed by atoms with van der Waals surface area (Å²) in [6.45, 7) is -2.19. The van der Waals surface area contributed by atoms with Crippen molar-refractivity contribution in [3.8, 4) is 5.75 Å². The number of hydrogen-bond acceptors (Lipinski definition) is 23. The Morgan fingerprint density at radius 1 is 0.616 bits per heavy atom. The molecule has 0 saturated carbocycles. The van der Waals surface area contributed by atoms with E-state index in [4.69, 9.17) is 26.7 Å². The van der Waals surface area contributed by atoms with E-state index in [1.807, 2.05) is 21.3 Å². The maximum atomic E-state index is 14.2. The van der Waals surface area contributed by atoms with E-state index < -0.39 is 214 Å². The van der Waals surface area contributed by atoms with Gasteiger partial charge in [0, 0.05) is 12.5 Å². The maximum Gasteiger partial charge on any atom is 0.248 e. The molecule has 2 aliphatic heterocycles. The highest BCUT2D eigenvalue weighted by Crippen LogP contribution is 2.25. The average molecular weight is 1230 g/mol. The van der Waals surface area contributed by atoms with Gasteiger partial charge in [-0.15, -0.1) is 0 Å². The molecule has 0 spiro atoms. The lowest BCUT2D eigenvalue weighted by atomic mass is 9.94. The van der Waals surface area contributed by atoms with Crippen LogP contribution in [0.5, 0.6) is 5.75 Å². The lowest BCUT2D eigenvalue weighted by Crippen LogP contribution is -2.63. The number of carbonyl (C=O) groups excluding carboxylic acids is 11. The summed E-state index contributed by atoms with van der Waals surface area (Å²) in [5.41, 5.74) is 15.8. The zero-order chi connectivity index (χ0) is 64.4. The standard InChI is InChI=1S/C52H83N11O23/c1-2-3-4-5-6-7-8-9-10-11-33(86-52-44(77)42(75)32(68)23-85-52)41(74)31(67)16-25-17-36(71)59-29(21-64)48(81)62-38(40(73)24-12-14-26(66)15-13-24)51(84)60-27(18-34(53)69)46(79)56-20-37(72)58-28(19-35(54)70)47(80)61-30(22-65)49(82)63-39(50(83)57-25)43(76)45(55)78/h12-15,25,27-33,38-44,52,64-68,73-77H,2-11,16-23H2,1H3,(H2,53,69)(H2,54,70)(H2,55,78)(H,56,79)(H,57,83)(H,58,72)(H,59,71)(H,60,84)(H,61,80)(H,62,81)(H,63,82)/t25-,27-,28+,29-,30+,31-,32+,33+,38+,39+,40-,41+,42-,43-,44+,52+/m1/s1. The molecule has 0 aliphatic carbocycles. The number of amides is 11. The van der Waals surface area contributed by atoms with Crippen LogP contribution < -0.4 is 59.7 Å². The Kier molecular flexibility index (Phi) is 31.1. The number of carbonyl (C=O) groups is 11. The molecule has 16 atom stereocenters. The van der Waals surface area contributed by atoms with Crippen molar-refractivity contribution in [3.63, 3.8) is 0 Å². The zero-order valence-electron chi connectivity index (χ0n) is 47.3. The fraction of sp³-hybridized carbons (Fsp3) is 0.673. The van der Waals surface area contributed by atoms with Crippen molar-refractivity contribution < 1.29 is 113 Å². The Labute approximate surface area is 493 Å². The highest BCUT2D eigenvalue weighted by atomic mass is 16.7. The third-order valence-corrected chi connectivity index (χ3v) is 13.9. The van der Waals surface area contributed by atoms with Crippen LogP contribution >= 0.6 is 0 Å². The van der Waals surface area contributed by atoms with Crippen LogP contribution in [0.3, 0.4) is 0 Å². The van der Waals surface area contributed by atoms with E-state index in [0.29, 0.717) is 12.8 Å². The molecule has 2 heterocycles. The van der Waals surface area contributed by atoms with Crippen molar-refractivity contribution in [1.82, 2.24) is 42.5 Å². The van der Waals surface area contributed by atoms with E-state index in [0.717, 1.165) is 69.2 Å². The number of phenols is 1. The summed E-state index contributed by atoms with van der Waals surface area (Å²) in [5.74, 6) is -15.9. The summed E-state index contributed by atoms with van der Waals surface area (Å²) in [6.07, 6.45) is -13.7. The third kappa shape index (κ3) is 23.9. The molecule has 0 unspecified atom stereocenters. The second kappa shape index (κ2) is 36.7. The molecule has 2 aliphatic rings. The smallest absolute Gasteiger partial charge is 0.248 e. The molecule has 34 nitrogen and oxygen atoms in total. The van der Waals surface area contributed by atoms with Gasteiger partial charge in [0.15, 0.2) is 12.4 Å². The first-order chi connectivity index (χ1) is 40.6. The quantitative estimate of drug-likeness (QED) is 0.0383. The minimum Gasteiger partial charge on any atom is -0.508 e. The molecule has 34 heteroatoms. The highest BCUT2D eigenvalue weighted by Gasteiger charge is 2.43.